The van der Waals surface area contributed by atoms with Gasteiger partial charge >= 0.3 is 6.09 Å². The van der Waals surface area contributed by atoms with Crippen molar-refractivity contribution < 1.29 is 23.8 Å². The van der Waals surface area contributed by atoms with Crippen LogP contribution in [0.15, 0.2) is 42.5 Å². The number of nitrogens with zero attached hydrogens (tertiary/aromatic N) is 2. The number of ether oxygens (including phenoxy) is 3. The van der Waals surface area contributed by atoms with Gasteiger partial charge in [-0.25, -0.2) is 4.79 Å². The molecular formula is C26H34N4O5. The van der Waals surface area contributed by atoms with E-state index >= 15 is 0 Å². The van der Waals surface area contributed by atoms with Crippen molar-refractivity contribution in [1.29, 1.82) is 0 Å². The molecule has 2 aromatic carbocycles. The lowest BCUT2D eigenvalue weighted by Gasteiger charge is -2.33. The summed E-state index contributed by atoms with van der Waals surface area (Å²) in [6, 6.07) is 12.9. The van der Waals surface area contributed by atoms with Crippen molar-refractivity contribution in [3.05, 3.63) is 48.0 Å². The van der Waals surface area contributed by atoms with Crippen molar-refractivity contribution in [2.75, 3.05) is 73.0 Å². The fourth-order valence-electron chi connectivity index (χ4n) is 4.03. The molecule has 9 nitrogen and oxygen atoms in total. The summed E-state index contributed by atoms with van der Waals surface area (Å²) in [5.41, 5.74) is 3.31. The number of carbonyl (C=O) groups excluding carboxylic acids is 2. The van der Waals surface area contributed by atoms with E-state index in [0.29, 0.717) is 37.7 Å². The maximum atomic E-state index is 13.1. The molecule has 2 aliphatic rings. The molecular weight excluding hydrogens is 448 g/mol. The highest BCUT2D eigenvalue weighted by Gasteiger charge is 2.20. The number of hydrogen-bond acceptors (Lipinski definition) is 7. The molecule has 0 atom stereocenters. The second-order valence-corrected chi connectivity index (χ2v) is 9.56. The molecule has 4 rings (SSSR count). The summed E-state index contributed by atoms with van der Waals surface area (Å²) in [6.07, 6.45) is -0.537. The Bertz CT molecular complexity index is 1020. The van der Waals surface area contributed by atoms with E-state index in [4.69, 9.17) is 14.2 Å². The lowest BCUT2D eigenvalue weighted by atomic mass is 10.1. The number of amides is 2. The minimum atomic E-state index is -0.584. The third-order valence-corrected chi connectivity index (χ3v) is 5.75. The number of anilines is 4. The van der Waals surface area contributed by atoms with Gasteiger partial charge in [0.15, 0.2) is 0 Å². The van der Waals surface area contributed by atoms with Gasteiger partial charge in [0, 0.05) is 43.1 Å². The van der Waals surface area contributed by atoms with Gasteiger partial charge in [0.1, 0.15) is 5.60 Å². The third kappa shape index (κ3) is 6.86. The van der Waals surface area contributed by atoms with E-state index in [1.807, 2.05) is 12.1 Å². The van der Waals surface area contributed by atoms with Gasteiger partial charge in [0.2, 0.25) is 0 Å². The molecule has 9 heteroatoms. The lowest BCUT2D eigenvalue weighted by Crippen LogP contribution is -2.38. The smallest absolute Gasteiger partial charge is 0.412 e. The van der Waals surface area contributed by atoms with Crippen LogP contribution in [-0.4, -0.2) is 70.2 Å². The Balaban J connectivity index is 1.48. The number of rotatable bonds is 5. The number of hydrogen-bond donors (Lipinski definition) is 2. The Morgan fingerprint density at radius 3 is 2.03 bits per heavy atom. The number of carbonyl (C=O) groups is 2. The molecule has 35 heavy (non-hydrogen) atoms. The molecule has 2 amide bonds. The van der Waals surface area contributed by atoms with Gasteiger partial charge in [-0.1, -0.05) is 0 Å². The van der Waals surface area contributed by atoms with E-state index in [1.165, 1.54) is 0 Å². The monoisotopic (exact) mass is 482 g/mol. The standard InChI is InChI=1S/C26H34N4O5/c1-26(2,3)35-25(32)27-20-6-4-19(5-7-20)24(31)28-22-9-8-21(29-10-14-33-15-11-29)18-23(22)30-12-16-34-17-13-30/h4-9,18H,10-17H2,1-3H3,(H,27,32)(H,28,31). The van der Waals surface area contributed by atoms with E-state index in [-0.39, 0.29) is 5.91 Å². The Morgan fingerprint density at radius 2 is 1.43 bits per heavy atom. The predicted octanol–water partition coefficient (Wildman–Crippen LogP) is 3.96. The highest BCUT2D eigenvalue weighted by atomic mass is 16.6. The lowest BCUT2D eigenvalue weighted by molar-refractivity contribution is 0.0635. The van der Waals surface area contributed by atoms with Gasteiger partial charge in [-0.3, -0.25) is 10.1 Å². The normalized spacial score (nSPS) is 16.5. The molecule has 0 aromatic heterocycles. The summed E-state index contributed by atoms with van der Waals surface area (Å²) >= 11 is 0. The SMILES string of the molecule is CC(C)(C)OC(=O)Nc1ccc(C(=O)Nc2ccc(N3CCOCC3)cc2N2CCOCC2)cc1. The van der Waals surface area contributed by atoms with Gasteiger partial charge in [-0.15, -0.1) is 0 Å². The first-order valence-electron chi connectivity index (χ1n) is 12.0. The summed E-state index contributed by atoms with van der Waals surface area (Å²) in [5, 5.41) is 5.75. The molecule has 0 unspecified atom stereocenters. The summed E-state index contributed by atoms with van der Waals surface area (Å²) in [6.45, 7) is 11.4. The third-order valence-electron chi connectivity index (χ3n) is 5.75. The second-order valence-electron chi connectivity index (χ2n) is 9.56. The van der Waals surface area contributed by atoms with Crippen LogP contribution in [0.1, 0.15) is 31.1 Å². The quantitative estimate of drug-likeness (QED) is 0.666. The van der Waals surface area contributed by atoms with Crippen LogP contribution in [0.3, 0.4) is 0 Å². The first-order chi connectivity index (χ1) is 16.8. The molecule has 0 spiro atoms. The first-order valence-corrected chi connectivity index (χ1v) is 12.0. The Morgan fingerprint density at radius 1 is 0.829 bits per heavy atom. The van der Waals surface area contributed by atoms with Crippen molar-refractivity contribution in [3.8, 4) is 0 Å². The van der Waals surface area contributed by atoms with Gasteiger partial charge in [0.25, 0.3) is 5.91 Å². The largest absolute Gasteiger partial charge is 0.444 e. The van der Waals surface area contributed by atoms with Crippen LogP contribution in [0.25, 0.3) is 0 Å². The minimum absolute atomic E-state index is 0.220. The zero-order valence-electron chi connectivity index (χ0n) is 20.6. The zero-order valence-corrected chi connectivity index (χ0v) is 20.6. The molecule has 2 saturated heterocycles. The van der Waals surface area contributed by atoms with E-state index in [2.05, 4.69) is 26.5 Å². The molecule has 2 heterocycles. The van der Waals surface area contributed by atoms with Gasteiger partial charge < -0.3 is 29.3 Å². The number of nitrogens with one attached hydrogen (secondary N) is 2. The Kier molecular flexibility index (Phi) is 7.77. The molecule has 2 fully saturated rings. The van der Waals surface area contributed by atoms with E-state index in [1.54, 1.807) is 45.0 Å². The van der Waals surface area contributed by atoms with Crippen LogP contribution in [0.2, 0.25) is 0 Å². The molecule has 188 valence electrons. The fraction of sp³-hybridized carbons (Fsp3) is 0.462. The van der Waals surface area contributed by atoms with Gasteiger partial charge in [0.05, 0.1) is 37.8 Å². The van der Waals surface area contributed by atoms with Crippen molar-refractivity contribution in [1.82, 2.24) is 0 Å². The van der Waals surface area contributed by atoms with Gasteiger partial charge in [-0.2, -0.15) is 0 Å². The molecule has 2 aliphatic heterocycles. The van der Waals surface area contributed by atoms with Crippen LogP contribution in [0.5, 0.6) is 0 Å². The summed E-state index contributed by atoms with van der Waals surface area (Å²) in [4.78, 5) is 29.6. The minimum Gasteiger partial charge on any atom is -0.444 e. The molecule has 2 N–H and O–H groups in total. The first kappa shape index (κ1) is 24.8. The van der Waals surface area contributed by atoms with E-state index in [0.717, 1.165) is 43.2 Å². The van der Waals surface area contributed by atoms with Crippen molar-refractivity contribution in [2.45, 2.75) is 26.4 Å². The van der Waals surface area contributed by atoms with Crippen LogP contribution < -0.4 is 20.4 Å². The summed E-state index contributed by atoms with van der Waals surface area (Å²) < 4.78 is 16.3. The summed E-state index contributed by atoms with van der Waals surface area (Å²) in [5.74, 6) is -0.220. The average molecular weight is 483 g/mol. The Labute approximate surface area is 206 Å². The van der Waals surface area contributed by atoms with Crippen LogP contribution in [0.4, 0.5) is 27.5 Å². The number of benzene rings is 2. The van der Waals surface area contributed by atoms with Crippen molar-refractivity contribution in [3.63, 3.8) is 0 Å². The maximum Gasteiger partial charge on any atom is 0.412 e. The highest BCUT2D eigenvalue weighted by Crippen LogP contribution is 2.32. The highest BCUT2D eigenvalue weighted by molar-refractivity contribution is 6.06. The van der Waals surface area contributed by atoms with Gasteiger partial charge in [-0.05, 0) is 63.2 Å². The maximum absolute atomic E-state index is 13.1. The van der Waals surface area contributed by atoms with E-state index in [9.17, 15) is 9.59 Å². The zero-order chi connectivity index (χ0) is 24.8. The predicted molar refractivity (Wildman–Crippen MR) is 137 cm³/mol. The van der Waals surface area contributed by atoms with E-state index < -0.39 is 11.7 Å². The van der Waals surface area contributed by atoms with Crippen LogP contribution in [-0.2, 0) is 14.2 Å². The van der Waals surface area contributed by atoms with Crippen molar-refractivity contribution in [2.24, 2.45) is 0 Å². The van der Waals surface area contributed by atoms with Crippen LogP contribution in [0, 0.1) is 0 Å². The number of morpholine rings is 2. The molecule has 0 radical (unpaired) electrons. The molecule has 0 bridgehead atoms. The second kappa shape index (κ2) is 11.0. The Hall–Kier alpha value is -3.30. The average Bonchev–Trinajstić information content (AvgIpc) is 2.84. The fourth-order valence-corrected chi connectivity index (χ4v) is 4.03. The molecule has 0 saturated carbocycles. The topological polar surface area (TPSA) is 92.4 Å². The molecule has 2 aromatic rings. The van der Waals surface area contributed by atoms with Crippen LogP contribution >= 0.6 is 0 Å². The van der Waals surface area contributed by atoms with Crippen molar-refractivity contribution >= 4 is 34.7 Å². The summed E-state index contributed by atoms with van der Waals surface area (Å²) in [7, 11) is 0. The molecule has 0 aliphatic carbocycles.